The van der Waals surface area contributed by atoms with Crippen molar-refractivity contribution in [3.05, 3.63) is 57.5 Å². The number of methoxy groups -OCH3 is 1. The normalized spacial score (nSPS) is 15.6. The second kappa shape index (κ2) is 8.12. The highest BCUT2D eigenvalue weighted by Gasteiger charge is 2.24. The second-order valence-corrected chi connectivity index (χ2v) is 9.41. The van der Waals surface area contributed by atoms with Crippen LogP contribution in [0.5, 0.6) is 11.5 Å². The number of thioether (sulfide) groups is 1. The quantitative estimate of drug-likeness (QED) is 0.415. The van der Waals surface area contributed by atoms with E-state index in [0.717, 1.165) is 17.3 Å². The Morgan fingerprint density at radius 1 is 1.21 bits per heavy atom. The van der Waals surface area contributed by atoms with E-state index >= 15 is 0 Å². The fraction of sp³-hybridized carbons (Fsp3) is 0.111. The Morgan fingerprint density at radius 3 is 2.46 bits per heavy atom. The van der Waals surface area contributed by atoms with Crippen molar-refractivity contribution >= 4 is 62.0 Å². The Hall–Kier alpha value is -2.07. The first-order valence-corrected chi connectivity index (χ1v) is 10.8. The van der Waals surface area contributed by atoms with Crippen molar-refractivity contribution in [2.24, 2.45) is 0 Å². The second-order valence-electron chi connectivity index (χ2n) is 5.74. The average molecular weight is 456 g/mol. The minimum absolute atomic E-state index is 0.00467. The van der Waals surface area contributed by atoms with E-state index in [4.69, 9.17) is 32.7 Å². The molecule has 0 spiro atoms. The summed E-state index contributed by atoms with van der Waals surface area (Å²) >= 11 is 12.3. The van der Waals surface area contributed by atoms with Crippen LogP contribution in [-0.4, -0.2) is 25.8 Å². The van der Waals surface area contributed by atoms with Crippen LogP contribution < -0.4 is 14.2 Å². The number of carbonyl (C=O) groups is 1. The standard InChI is InChI=1S/C18H14ClNO5S3/c1-10-3-5-12(6-4-10)28(22,23)25-16-13(19)7-11(8-14(16)24-2)9-15-17(21)20-18(26)27-15/h3-9H,1-2H3,(H,20,21,26). The van der Waals surface area contributed by atoms with E-state index in [9.17, 15) is 13.2 Å². The molecule has 1 heterocycles. The van der Waals surface area contributed by atoms with Crippen molar-refractivity contribution in [1.82, 2.24) is 5.32 Å². The number of hydrogen-bond donors (Lipinski definition) is 1. The Bertz CT molecular complexity index is 1090. The third kappa shape index (κ3) is 4.49. The Morgan fingerprint density at radius 2 is 1.89 bits per heavy atom. The number of rotatable bonds is 5. The highest BCUT2D eigenvalue weighted by atomic mass is 35.5. The fourth-order valence-corrected chi connectivity index (χ4v) is 4.64. The molecule has 1 aliphatic rings. The molecule has 0 saturated carbocycles. The van der Waals surface area contributed by atoms with Crippen LogP contribution in [0, 0.1) is 6.92 Å². The number of thiocarbonyl (C=S) groups is 1. The predicted molar refractivity (Wildman–Crippen MR) is 113 cm³/mol. The first-order chi connectivity index (χ1) is 13.2. The van der Waals surface area contributed by atoms with Gasteiger partial charge in [0.1, 0.15) is 9.22 Å². The van der Waals surface area contributed by atoms with E-state index in [1.807, 2.05) is 6.92 Å². The van der Waals surface area contributed by atoms with Crippen LogP contribution in [-0.2, 0) is 14.9 Å². The molecule has 1 amide bonds. The molecule has 2 aromatic carbocycles. The van der Waals surface area contributed by atoms with Crippen LogP contribution in [0.1, 0.15) is 11.1 Å². The molecule has 3 rings (SSSR count). The molecule has 6 nitrogen and oxygen atoms in total. The molecular formula is C18H14ClNO5S3. The topological polar surface area (TPSA) is 81.7 Å². The molecule has 0 aromatic heterocycles. The summed E-state index contributed by atoms with van der Waals surface area (Å²) in [5.74, 6) is -0.334. The zero-order valence-corrected chi connectivity index (χ0v) is 17.9. The van der Waals surface area contributed by atoms with Crippen molar-refractivity contribution in [3.8, 4) is 11.5 Å². The van der Waals surface area contributed by atoms with Crippen LogP contribution in [0.25, 0.3) is 6.08 Å². The number of amides is 1. The van der Waals surface area contributed by atoms with Crippen molar-refractivity contribution in [2.75, 3.05) is 7.11 Å². The lowest BCUT2D eigenvalue weighted by Crippen LogP contribution is -2.17. The van der Waals surface area contributed by atoms with Gasteiger partial charge in [-0.25, -0.2) is 0 Å². The molecule has 0 bridgehead atoms. The third-order valence-corrected chi connectivity index (χ3v) is 6.37. The van der Waals surface area contributed by atoms with Gasteiger partial charge in [0.25, 0.3) is 5.91 Å². The maximum absolute atomic E-state index is 12.6. The van der Waals surface area contributed by atoms with Crippen LogP contribution in [0.3, 0.4) is 0 Å². The fourth-order valence-electron chi connectivity index (χ4n) is 2.34. The molecule has 1 fully saturated rings. The minimum Gasteiger partial charge on any atom is -0.493 e. The van der Waals surface area contributed by atoms with Crippen LogP contribution >= 0.6 is 35.6 Å². The van der Waals surface area contributed by atoms with Gasteiger partial charge in [-0.15, -0.1) is 0 Å². The summed E-state index contributed by atoms with van der Waals surface area (Å²) in [6, 6.07) is 9.23. The molecule has 1 saturated heterocycles. The zero-order chi connectivity index (χ0) is 20.5. The van der Waals surface area contributed by atoms with E-state index in [1.165, 1.54) is 31.4 Å². The van der Waals surface area contributed by atoms with Gasteiger partial charge in [-0.3, -0.25) is 4.79 Å². The summed E-state index contributed by atoms with van der Waals surface area (Å²) in [7, 11) is -2.74. The SMILES string of the molecule is COc1cc(C=C2SC(=S)NC2=O)cc(Cl)c1OS(=O)(=O)c1ccc(C)cc1. The van der Waals surface area contributed by atoms with Crippen molar-refractivity contribution < 1.29 is 22.1 Å². The average Bonchev–Trinajstić information content (AvgIpc) is 2.94. The number of halogens is 1. The Labute approximate surface area is 177 Å². The molecule has 28 heavy (non-hydrogen) atoms. The van der Waals surface area contributed by atoms with Gasteiger partial charge in [-0.2, -0.15) is 8.42 Å². The smallest absolute Gasteiger partial charge is 0.339 e. The molecule has 0 radical (unpaired) electrons. The monoisotopic (exact) mass is 455 g/mol. The van der Waals surface area contributed by atoms with Gasteiger partial charge >= 0.3 is 10.1 Å². The number of ether oxygens (including phenoxy) is 1. The number of benzene rings is 2. The van der Waals surface area contributed by atoms with E-state index in [1.54, 1.807) is 18.2 Å². The van der Waals surface area contributed by atoms with Crippen LogP contribution in [0.4, 0.5) is 0 Å². The van der Waals surface area contributed by atoms with Crippen LogP contribution in [0.15, 0.2) is 46.2 Å². The van der Waals surface area contributed by atoms with Crippen LogP contribution in [0.2, 0.25) is 5.02 Å². The maximum Gasteiger partial charge on any atom is 0.339 e. The minimum atomic E-state index is -4.10. The van der Waals surface area contributed by atoms with Gasteiger partial charge in [0, 0.05) is 0 Å². The Kier molecular flexibility index (Phi) is 5.99. The molecule has 146 valence electrons. The van der Waals surface area contributed by atoms with E-state index in [0.29, 0.717) is 14.8 Å². The largest absolute Gasteiger partial charge is 0.493 e. The zero-order valence-electron chi connectivity index (χ0n) is 14.7. The molecule has 2 aromatic rings. The van der Waals surface area contributed by atoms with Crippen molar-refractivity contribution in [2.45, 2.75) is 11.8 Å². The van der Waals surface area contributed by atoms with Gasteiger partial charge < -0.3 is 14.2 Å². The van der Waals surface area contributed by atoms with E-state index in [-0.39, 0.29) is 27.3 Å². The van der Waals surface area contributed by atoms with Gasteiger partial charge in [-0.05, 0) is 42.8 Å². The highest BCUT2D eigenvalue weighted by molar-refractivity contribution is 8.26. The van der Waals surface area contributed by atoms with Gasteiger partial charge in [-0.1, -0.05) is 53.3 Å². The first kappa shape index (κ1) is 20.7. The summed E-state index contributed by atoms with van der Waals surface area (Å²) in [5, 5.41) is 2.53. The molecule has 1 aliphatic heterocycles. The molecular weight excluding hydrogens is 442 g/mol. The van der Waals surface area contributed by atoms with Gasteiger partial charge in [0.2, 0.25) is 5.75 Å². The molecule has 0 atom stereocenters. The van der Waals surface area contributed by atoms with E-state index < -0.39 is 10.1 Å². The first-order valence-electron chi connectivity index (χ1n) is 7.83. The molecule has 0 unspecified atom stereocenters. The number of carbonyl (C=O) groups excluding carboxylic acids is 1. The predicted octanol–water partition coefficient (Wildman–Crippen LogP) is 3.91. The van der Waals surface area contributed by atoms with E-state index in [2.05, 4.69) is 5.32 Å². The highest BCUT2D eigenvalue weighted by Crippen LogP contribution is 2.39. The molecule has 0 aliphatic carbocycles. The number of hydrogen-bond acceptors (Lipinski definition) is 7. The molecule has 1 N–H and O–H groups in total. The lowest BCUT2D eigenvalue weighted by Gasteiger charge is -2.13. The van der Waals surface area contributed by atoms with Crippen molar-refractivity contribution in [1.29, 1.82) is 0 Å². The Balaban J connectivity index is 1.96. The lowest BCUT2D eigenvalue weighted by atomic mass is 10.2. The third-order valence-electron chi connectivity index (χ3n) is 3.69. The summed E-state index contributed by atoms with van der Waals surface area (Å²) in [6.45, 7) is 1.85. The molecule has 10 heteroatoms. The number of aryl methyl sites for hydroxylation is 1. The summed E-state index contributed by atoms with van der Waals surface area (Å²) in [6.07, 6.45) is 1.58. The summed E-state index contributed by atoms with van der Waals surface area (Å²) in [5.41, 5.74) is 1.45. The number of nitrogens with one attached hydrogen (secondary N) is 1. The van der Waals surface area contributed by atoms with Crippen molar-refractivity contribution in [3.63, 3.8) is 0 Å². The van der Waals surface area contributed by atoms with Gasteiger partial charge in [0.05, 0.1) is 17.0 Å². The lowest BCUT2D eigenvalue weighted by molar-refractivity contribution is -0.115. The summed E-state index contributed by atoms with van der Waals surface area (Å²) < 4.78 is 36.0. The maximum atomic E-state index is 12.6. The van der Waals surface area contributed by atoms with Gasteiger partial charge in [0.15, 0.2) is 5.75 Å². The summed E-state index contributed by atoms with van der Waals surface area (Å²) in [4.78, 5) is 12.2.